The van der Waals surface area contributed by atoms with Gasteiger partial charge in [0.25, 0.3) is 5.91 Å². The summed E-state index contributed by atoms with van der Waals surface area (Å²) in [6.45, 7) is 1.59. The van der Waals surface area contributed by atoms with Crippen LogP contribution in [0.15, 0.2) is 36.9 Å². The van der Waals surface area contributed by atoms with E-state index in [1.54, 1.807) is 30.7 Å². The molecule has 1 atom stereocenters. The molecule has 3 aromatic rings. The number of nitrogens with one attached hydrogen (secondary N) is 2. The highest BCUT2D eigenvalue weighted by Crippen LogP contribution is 2.38. The van der Waals surface area contributed by atoms with Crippen LogP contribution in [-0.2, 0) is 0 Å². The summed E-state index contributed by atoms with van der Waals surface area (Å²) in [5.41, 5.74) is 8.79. The van der Waals surface area contributed by atoms with Gasteiger partial charge in [0.15, 0.2) is 0 Å². The first kappa shape index (κ1) is 16.8. The monoisotopic (exact) mass is 370 g/mol. The Balaban J connectivity index is 1.74. The lowest BCUT2D eigenvalue weighted by Crippen LogP contribution is -2.43. The molecule has 4 rings (SSSR count). The molecule has 1 amide bonds. The van der Waals surface area contributed by atoms with Gasteiger partial charge < -0.3 is 20.9 Å². The van der Waals surface area contributed by atoms with Crippen LogP contribution in [0.2, 0.25) is 5.02 Å². The molecular formula is C18H19ClN6O. The molecule has 134 valence electrons. The molecule has 3 aromatic heterocycles. The fourth-order valence-corrected chi connectivity index (χ4v) is 3.63. The van der Waals surface area contributed by atoms with E-state index in [2.05, 4.69) is 25.2 Å². The smallest absolute Gasteiger partial charge is 0.257 e. The number of fused-ring (bicyclic) bond motifs is 1. The van der Waals surface area contributed by atoms with E-state index >= 15 is 0 Å². The van der Waals surface area contributed by atoms with E-state index in [4.69, 9.17) is 17.3 Å². The van der Waals surface area contributed by atoms with Crippen LogP contribution in [0.25, 0.3) is 11.0 Å². The Morgan fingerprint density at radius 2 is 2.31 bits per heavy atom. The highest BCUT2D eigenvalue weighted by atomic mass is 35.5. The zero-order chi connectivity index (χ0) is 18.1. The van der Waals surface area contributed by atoms with E-state index in [1.165, 1.54) is 6.20 Å². The second kappa shape index (κ2) is 6.93. The minimum atomic E-state index is -0.236. The van der Waals surface area contributed by atoms with Crippen LogP contribution in [0, 0.1) is 0 Å². The van der Waals surface area contributed by atoms with Crippen LogP contribution >= 0.6 is 11.6 Å². The van der Waals surface area contributed by atoms with E-state index in [0.717, 1.165) is 37.0 Å². The predicted octanol–water partition coefficient (Wildman–Crippen LogP) is 2.79. The number of rotatable bonds is 3. The number of pyridine rings is 2. The highest BCUT2D eigenvalue weighted by Gasteiger charge is 2.24. The standard InChI is InChI=1S/C18H19ClN6O/c19-13-8-22-17-15(16(13)25-6-2-4-12(20)10-25)14(9-23-17)24-18(26)11-3-1-5-21-7-11/h1,3,5,7-9,12H,2,4,6,10,20H2,(H,22,23)(H,24,26). The number of H-pyrrole nitrogens is 1. The summed E-state index contributed by atoms with van der Waals surface area (Å²) in [5, 5.41) is 4.27. The van der Waals surface area contributed by atoms with Crippen LogP contribution in [-0.4, -0.2) is 40.0 Å². The zero-order valence-corrected chi connectivity index (χ0v) is 14.8. The van der Waals surface area contributed by atoms with Crippen LogP contribution < -0.4 is 16.0 Å². The summed E-state index contributed by atoms with van der Waals surface area (Å²) in [5.74, 6) is -0.236. The number of hydrogen-bond donors (Lipinski definition) is 3. The van der Waals surface area contributed by atoms with Crippen molar-refractivity contribution >= 4 is 39.9 Å². The molecule has 1 unspecified atom stereocenters. The van der Waals surface area contributed by atoms with E-state index in [1.807, 2.05) is 0 Å². The average Bonchev–Trinajstić information content (AvgIpc) is 3.05. The van der Waals surface area contributed by atoms with E-state index < -0.39 is 0 Å². The molecule has 0 bridgehead atoms. The SMILES string of the molecule is NC1CCCN(c2c(Cl)cnc3[nH]cc(NC(=O)c4cccnc4)c23)C1. The molecule has 4 heterocycles. The largest absolute Gasteiger partial charge is 0.368 e. The molecule has 0 saturated carbocycles. The van der Waals surface area contributed by atoms with E-state index in [9.17, 15) is 4.79 Å². The maximum absolute atomic E-state index is 12.5. The summed E-state index contributed by atoms with van der Waals surface area (Å²) < 4.78 is 0. The number of aromatic amines is 1. The maximum atomic E-state index is 12.5. The lowest BCUT2D eigenvalue weighted by molar-refractivity contribution is 0.102. The van der Waals surface area contributed by atoms with Crippen LogP contribution in [0.4, 0.5) is 11.4 Å². The van der Waals surface area contributed by atoms with Crippen molar-refractivity contribution in [3.8, 4) is 0 Å². The molecule has 26 heavy (non-hydrogen) atoms. The number of carbonyl (C=O) groups excluding carboxylic acids is 1. The molecule has 0 aromatic carbocycles. The van der Waals surface area contributed by atoms with Crippen LogP contribution in [0.5, 0.6) is 0 Å². The third kappa shape index (κ3) is 3.11. The van der Waals surface area contributed by atoms with E-state index in [0.29, 0.717) is 21.9 Å². The molecule has 8 heteroatoms. The Kier molecular flexibility index (Phi) is 4.48. The van der Waals surface area contributed by atoms with Gasteiger partial charge in [-0.25, -0.2) is 4.98 Å². The average molecular weight is 371 g/mol. The number of halogens is 1. The van der Waals surface area contributed by atoms with Gasteiger partial charge in [-0.05, 0) is 25.0 Å². The Labute approximate surface area is 155 Å². The van der Waals surface area contributed by atoms with Gasteiger partial charge in [-0.3, -0.25) is 9.78 Å². The van der Waals surface area contributed by atoms with Gasteiger partial charge in [-0.15, -0.1) is 0 Å². The molecule has 0 spiro atoms. The fourth-order valence-electron chi connectivity index (χ4n) is 3.37. The molecule has 1 saturated heterocycles. The number of anilines is 2. The van der Waals surface area contributed by atoms with E-state index in [-0.39, 0.29) is 11.9 Å². The number of hydrogen-bond acceptors (Lipinski definition) is 5. The lowest BCUT2D eigenvalue weighted by Gasteiger charge is -2.33. The molecule has 4 N–H and O–H groups in total. The van der Waals surface area contributed by atoms with Crippen molar-refractivity contribution in [3.05, 3.63) is 47.5 Å². The number of nitrogens with two attached hydrogens (primary N) is 1. The third-order valence-electron chi connectivity index (χ3n) is 4.58. The van der Waals surface area contributed by atoms with Crippen molar-refractivity contribution < 1.29 is 4.79 Å². The first-order valence-electron chi connectivity index (χ1n) is 8.51. The normalized spacial score (nSPS) is 17.5. The summed E-state index contributed by atoms with van der Waals surface area (Å²) in [6.07, 6.45) is 8.52. The minimum Gasteiger partial charge on any atom is -0.368 e. The fraction of sp³-hybridized carbons (Fsp3) is 0.278. The number of nitrogens with zero attached hydrogens (tertiary/aromatic N) is 3. The molecule has 1 aliphatic heterocycles. The van der Waals surface area contributed by atoms with Crippen molar-refractivity contribution in [1.82, 2.24) is 15.0 Å². The van der Waals surface area contributed by atoms with Gasteiger partial charge >= 0.3 is 0 Å². The second-order valence-corrected chi connectivity index (χ2v) is 6.83. The van der Waals surface area contributed by atoms with Crippen molar-refractivity contribution in [2.24, 2.45) is 5.73 Å². The Bertz CT molecular complexity index is 942. The van der Waals surface area contributed by atoms with Crippen molar-refractivity contribution in [2.75, 3.05) is 23.3 Å². The summed E-state index contributed by atoms with van der Waals surface area (Å²) >= 11 is 6.49. The minimum absolute atomic E-state index is 0.107. The van der Waals surface area contributed by atoms with Crippen LogP contribution in [0.3, 0.4) is 0 Å². The molecule has 0 radical (unpaired) electrons. The molecule has 1 aliphatic rings. The van der Waals surface area contributed by atoms with Gasteiger partial charge in [-0.1, -0.05) is 11.6 Å². The molecule has 7 nitrogen and oxygen atoms in total. The zero-order valence-electron chi connectivity index (χ0n) is 14.1. The summed E-state index contributed by atoms with van der Waals surface area (Å²) in [4.78, 5) is 26.1. The number of carbonyl (C=O) groups is 1. The van der Waals surface area contributed by atoms with Crippen molar-refractivity contribution in [1.29, 1.82) is 0 Å². The van der Waals surface area contributed by atoms with Gasteiger partial charge in [0, 0.05) is 37.7 Å². The Morgan fingerprint density at radius 3 is 3.08 bits per heavy atom. The number of piperidine rings is 1. The van der Waals surface area contributed by atoms with Crippen LogP contribution in [0.1, 0.15) is 23.2 Å². The molecular weight excluding hydrogens is 352 g/mol. The Hall–Kier alpha value is -2.64. The van der Waals surface area contributed by atoms with Gasteiger partial charge in [0.1, 0.15) is 5.65 Å². The number of aromatic nitrogens is 3. The van der Waals surface area contributed by atoms with Crippen molar-refractivity contribution in [3.63, 3.8) is 0 Å². The summed E-state index contributed by atoms with van der Waals surface area (Å²) in [7, 11) is 0. The Morgan fingerprint density at radius 1 is 1.42 bits per heavy atom. The van der Waals surface area contributed by atoms with Crippen molar-refractivity contribution in [2.45, 2.75) is 18.9 Å². The first-order valence-corrected chi connectivity index (χ1v) is 8.89. The quantitative estimate of drug-likeness (QED) is 0.658. The topological polar surface area (TPSA) is 99.9 Å². The molecule has 1 fully saturated rings. The first-order chi connectivity index (χ1) is 12.6. The third-order valence-corrected chi connectivity index (χ3v) is 4.85. The highest BCUT2D eigenvalue weighted by molar-refractivity contribution is 6.35. The maximum Gasteiger partial charge on any atom is 0.257 e. The second-order valence-electron chi connectivity index (χ2n) is 6.42. The number of amides is 1. The van der Waals surface area contributed by atoms with Gasteiger partial charge in [0.2, 0.25) is 0 Å². The molecule has 0 aliphatic carbocycles. The lowest BCUT2D eigenvalue weighted by atomic mass is 10.1. The predicted molar refractivity (Wildman–Crippen MR) is 103 cm³/mol. The van der Waals surface area contributed by atoms with Gasteiger partial charge in [0.05, 0.1) is 33.5 Å². The van der Waals surface area contributed by atoms with Gasteiger partial charge in [-0.2, -0.15) is 0 Å². The summed E-state index contributed by atoms with van der Waals surface area (Å²) in [6, 6.07) is 3.55.